The Morgan fingerprint density at radius 3 is 2.81 bits per heavy atom. The van der Waals surface area contributed by atoms with Crippen molar-refractivity contribution in [2.45, 2.75) is 19.5 Å². The largest absolute Gasteiger partial charge is 0.417 e. The number of anilines is 1. The topological polar surface area (TPSA) is 149 Å². The molecule has 1 aliphatic heterocycles. The predicted molar refractivity (Wildman–Crippen MR) is 107 cm³/mol. The number of rotatable bonds is 7. The van der Waals surface area contributed by atoms with E-state index in [4.69, 9.17) is 13.9 Å². The smallest absolute Gasteiger partial charge is 0.416 e. The van der Waals surface area contributed by atoms with Crippen molar-refractivity contribution >= 4 is 22.1 Å². The lowest BCUT2D eigenvalue weighted by atomic mass is 10.1. The lowest BCUT2D eigenvalue weighted by molar-refractivity contribution is 0.114. The third-order valence-electron chi connectivity index (χ3n) is 4.58. The Balaban J connectivity index is 1.56. The van der Waals surface area contributed by atoms with Crippen LogP contribution < -0.4 is 18.9 Å². The van der Waals surface area contributed by atoms with E-state index in [9.17, 15) is 17.6 Å². The number of amides is 1. The van der Waals surface area contributed by atoms with E-state index in [-0.39, 0.29) is 29.7 Å². The van der Waals surface area contributed by atoms with E-state index < -0.39 is 34.0 Å². The van der Waals surface area contributed by atoms with Crippen molar-refractivity contribution < 1.29 is 31.5 Å². The first kappa shape index (κ1) is 21.5. The van der Waals surface area contributed by atoms with E-state index in [0.717, 1.165) is 0 Å². The molecule has 12 nitrogen and oxygen atoms in total. The molecule has 3 aromatic rings. The Kier molecular flexibility index (Phi) is 5.63. The number of nitrogens with one attached hydrogen (secondary N) is 2. The van der Waals surface area contributed by atoms with Gasteiger partial charge in [0.2, 0.25) is 0 Å². The minimum atomic E-state index is -3.97. The minimum absolute atomic E-state index is 0.00132. The fraction of sp³-hybridized carbons (Fsp3) is 0.222. The Hall–Kier alpha value is -3.78. The summed E-state index contributed by atoms with van der Waals surface area (Å²) in [6.07, 6.45) is 4.65. The lowest BCUT2D eigenvalue weighted by Crippen LogP contribution is -2.40. The van der Waals surface area contributed by atoms with Gasteiger partial charge in [0.25, 0.3) is 10.2 Å². The summed E-state index contributed by atoms with van der Waals surface area (Å²) in [4.78, 5) is 25.7. The highest BCUT2D eigenvalue weighted by atomic mass is 32.2. The van der Waals surface area contributed by atoms with Gasteiger partial charge in [-0.1, -0.05) is 0 Å². The summed E-state index contributed by atoms with van der Waals surface area (Å²) < 4.78 is 57.9. The second kappa shape index (κ2) is 8.39. The van der Waals surface area contributed by atoms with Crippen LogP contribution in [0.15, 0.2) is 41.4 Å². The Morgan fingerprint density at radius 2 is 2.09 bits per heavy atom. The molecule has 168 valence electrons. The van der Waals surface area contributed by atoms with Crippen LogP contribution in [-0.4, -0.2) is 41.4 Å². The number of aromatic nitrogens is 3. The molecular weight excluding hydrogens is 447 g/mol. The van der Waals surface area contributed by atoms with Crippen molar-refractivity contribution in [2.75, 3.05) is 11.8 Å². The molecule has 0 saturated carbocycles. The molecule has 14 heteroatoms. The maximum absolute atomic E-state index is 14.8. The first-order valence-electron chi connectivity index (χ1n) is 9.18. The van der Waals surface area contributed by atoms with Crippen LogP contribution in [0.5, 0.6) is 17.6 Å². The highest BCUT2D eigenvalue weighted by Crippen LogP contribution is 2.37. The molecule has 1 atom stereocenters. The summed E-state index contributed by atoms with van der Waals surface area (Å²) in [5.74, 6) is -0.983. The molecule has 1 amide bonds. The zero-order chi connectivity index (χ0) is 22.9. The van der Waals surface area contributed by atoms with Gasteiger partial charge in [-0.25, -0.2) is 18.9 Å². The van der Waals surface area contributed by atoms with E-state index in [1.165, 1.54) is 48.9 Å². The average Bonchev–Trinajstić information content (AvgIpc) is 3.26. The molecule has 1 aliphatic rings. The van der Waals surface area contributed by atoms with Gasteiger partial charge in [-0.05, 0) is 13.0 Å². The normalized spacial score (nSPS) is 15.8. The van der Waals surface area contributed by atoms with Crippen LogP contribution in [-0.2, 0) is 16.8 Å². The Bertz CT molecular complexity index is 1250. The lowest BCUT2D eigenvalue weighted by Gasteiger charge is -2.33. The van der Waals surface area contributed by atoms with Crippen LogP contribution in [0.25, 0.3) is 0 Å². The van der Waals surface area contributed by atoms with Crippen molar-refractivity contribution in [3.8, 4) is 17.6 Å². The monoisotopic (exact) mass is 464 g/mol. The molecule has 0 bridgehead atoms. The molecule has 0 saturated heterocycles. The highest BCUT2D eigenvalue weighted by molar-refractivity contribution is 7.90. The number of nitrogens with zero attached hydrogens (tertiary/aromatic N) is 4. The molecule has 0 fully saturated rings. The van der Waals surface area contributed by atoms with Gasteiger partial charge in [-0.15, -0.1) is 0 Å². The SMILES string of the molecule is CNS(=O)(=O)Nc1nccc(CN2C(=O)Oc3cc(Oc4ncco4)cnc3[C@@H]2C)c1F. The van der Waals surface area contributed by atoms with Crippen molar-refractivity contribution in [3.63, 3.8) is 0 Å². The summed E-state index contributed by atoms with van der Waals surface area (Å²) in [6.45, 7) is 1.49. The number of ether oxygens (including phenoxy) is 2. The Morgan fingerprint density at radius 1 is 1.28 bits per heavy atom. The number of halogens is 1. The number of hydrogen-bond donors (Lipinski definition) is 2. The van der Waals surface area contributed by atoms with Gasteiger partial charge in [-0.2, -0.15) is 13.4 Å². The van der Waals surface area contributed by atoms with Gasteiger partial charge in [0.05, 0.1) is 25.0 Å². The van der Waals surface area contributed by atoms with Crippen LogP contribution >= 0.6 is 0 Å². The maximum Gasteiger partial charge on any atom is 0.416 e. The van der Waals surface area contributed by atoms with Gasteiger partial charge in [0, 0.05) is 24.9 Å². The molecule has 3 aromatic heterocycles. The molecule has 2 N–H and O–H groups in total. The summed E-state index contributed by atoms with van der Waals surface area (Å²) >= 11 is 0. The van der Waals surface area contributed by atoms with Crippen LogP contribution in [0.3, 0.4) is 0 Å². The van der Waals surface area contributed by atoms with Crippen LogP contribution in [0, 0.1) is 5.82 Å². The summed E-state index contributed by atoms with van der Waals surface area (Å²) in [5.41, 5.74) is 0.458. The predicted octanol–water partition coefficient (Wildman–Crippen LogP) is 2.35. The second-order valence-electron chi connectivity index (χ2n) is 6.57. The van der Waals surface area contributed by atoms with Crippen LogP contribution in [0.4, 0.5) is 15.0 Å². The van der Waals surface area contributed by atoms with Crippen molar-refractivity contribution in [1.29, 1.82) is 0 Å². The van der Waals surface area contributed by atoms with Gasteiger partial charge in [-0.3, -0.25) is 14.6 Å². The molecule has 4 rings (SSSR count). The summed E-state index contributed by atoms with van der Waals surface area (Å²) in [5, 5.41) is 0. The van der Waals surface area contributed by atoms with E-state index in [1.54, 1.807) is 6.92 Å². The van der Waals surface area contributed by atoms with Gasteiger partial charge >= 0.3 is 12.2 Å². The molecule has 0 radical (unpaired) electrons. The quantitative estimate of drug-likeness (QED) is 0.537. The average molecular weight is 464 g/mol. The first-order chi connectivity index (χ1) is 15.3. The van der Waals surface area contributed by atoms with E-state index in [2.05, 4.69) is 15.0 Å². The molecule has 0 spiro atoms. The van der Waals surface area contributed by atoms with Crippen LogP contribution in [0.2, 0.25) is 0 Å². The molecule has 32 heavy (non-hydrogen) atoms. The molecule has 4 heterocycles. The summed E-state index contributed by atoms with van der Waals surface area (Å²) in [6, 6.07) is 2.23. The Labute approximate surface area is 181 Å². The van der Waals surface area contributed by atoms with Crippen molar-refractivity contribution in [2.24, 2.45) is 0 Å². The molecule has 0 aromatic carbocycles. The first-order valence-corrected chi connectivity index (χ1v) is 10.7. The number of carbonyl (C=O) groups is 1. The van der Waals surface area contributed by atoms with Crippen LogP contribution in [0.1, 0.15) is 24.2 Å². The van der Waals surface area contributed by atoms with E-state index in [1.807, 2.05) is 9.44 Å². The summed E-state index contributed by atoms with van der Waals surface area (Å²) in [7, 11) is -2.80. The number of carbonyl (C=O) groups excluding carboxylic acids is 1. The van der Waals surface area contributed by atoms with Crippen molar-refractivity contribution in [3.05, 3.63) is 54.1 Å². The number of fused-ring (bicyclic) bond motifs is 1. The van der Waals surface area contributed by atoms with E-state index >= 15 is 0 Å². The number of oxazole rings is 1. The minimum Gasteiger partial charge on any atom is -0.417 e. The van der Waals surface area contributed by atoms with Gasteiger partial charge in [0.1, 0.15) is 12.0 Å². The fourth-order valence-electron chi connectivity index (χ4n) is 2.95. The zero-order valence-corrected chi connectivity index (χ0v) is 17.6. The molecule has 0 unspecified atom stereocenters. The third-order valence-corrected chi connectivity index (χ3v) is 5.58. The third kappa shape index (κ3) is 4.31. The van der Waals surface area contributed by atoms with E-state index in [0.29, 0.717) is 5.69 Å². The van der Waals surface area contributed by atoms with Crippen molar-refractivity contribution in [1.82, 2.24) is 24.6 Å². The molecule has 0 aliphatic carbocycles. The maximum atomic E-state index is 14.8. The highest BCUT2D eigenvalue weighted by Gasteiger charge is 2.34. The number of pyridine rings is 2. The zero-order valence-electron chi connectivity index (χ0n) is 16.8. The number of hydrogen-bond acceptors (Lipinski definition) is 9. The molecular formula is C18H17FN6O6S. The standard InChI is InChI=1S/C18H17FN6O6S/c1-10-15-13(7-12(8-23-15)30-17-22-5-6-29-17)31-18(26)25(10)9-11-3-4-21-16(14(11)19)24-32(27,28)20-2/h3-8,10,20H,9H2,1-2H3,(H,21,24)/t10-/m0/s1. The second-order valence-corrected chi connectivity index (χ2v) is 8.19. The van der Waals surface area contributed by atoms with Gasteiger partial charge in [0.15, 0.2) is 23.1 Å². The fourth-order valence-corrected chi connectivity index (χ4v) is 3.45. The van der Waals surface area contributed by atoms with Gasteiger partial charge < -0.3 is 13.9 Å².